The molecule has 1 heterocycles. The van der Waals surface area contributed by atoms with Crippen LogP contribution in [0.1, 0.15) is 58.8 Å². The fourth-order valence-corrected chi connectivity index (χ4v) is 7.25. The van der Waals surface area contributed by atoms with Crippen molar-refractivity contribution in [3.05, 3.63) is 11.6 Å². The summed E-state index contributed by atoms with van der Waals surface area (Å²) in [5, 5.41) is 11.2. The second-order valence-corrected chi connectivity index (χ2v) is 9.61. The third-order valence-corrected chi connectivity index (χ3v) is 8.57. The van der Waals surface area contributed by atoms with Gasteiger partial charge in [0.25, 0.3) is 0 Å². The van der Waals surface area contributed by atoms with Crippen molar-refractivity contribution in [3.8, 4) is 0 Å². The summed E-state index contributed by atoms with van der Waals surface area (Å²) >= 11 is 0. The number of Topliss-reactive ketones (excluding diaryl/α,β-unsaturated/α-hetero) is 1. The first-order valence-electron chi connectivity index (χ1n) is 10.1. The van der Waals surface area contributed by atoms with E-state index in [4.69, 9.17) is 9.47 Å². The lowest BCUT2D eigenvalue weighted by Crippen LogP contribution is -2.57. The van der Waals surface area contributed by atoms with Gasteiger partial charge in [-0.2, -0.15) is 0 Å². The van der Waals surface area contributed by atoms with Crippen molar-refractivity contribution < 1.29 is 19.4 Å². The molecule has 0 aromatic carbocycles. The molecule has 5 rings (SSSR count). The molecule has 5 aliphatic rings. The minimum absolute atomic E-state index is 0.0237. The van der Waals surface area contributed by atoms with E-state index >= 15 is 0 Å². The van der Waals surface area contributed by atoms with Gasteiger partial charge in [-0.1, -0.05) is 25.5 Å². The lowest BCUT2D eigenvalue weighted by atomic mass is 9.47. The Hall–Kier alpha value is -0.710. The van der Waals surface area contributed by atoms with E-state index in [0.29, 0.717) is 43.7 Å². The van der Waals surface area contributed by atoms with Crippen LogP contribution in [-0.4, -0.2) is 36.0 Å². The highest BCUT2D eigenvalue weighted by Crippen LogP contribution is 2.65. The van der Waals surface area contributed by atoms with Crippen LogP contribution in [0, 0.1) is 28.6 Å². The lowest BCUT2D eigenvalue weighted by molar-refractivity contribution is -0.192. The summed E-state index contributed by atoms with van der Waals surface area (Å²) < 4.78 is 11.9. The fourth-order valence-electron chi connectivity index (χ4n) is 7.25. The van der Waals surface area contributed by atoms with E-state index in [1.165, 1.54) is 5.57 Å². The monoisotopic (exact) mass is 346 g/mol. The van der Waals surface area contributed by atoms with Gasteiger partial charge in [-0.25, -0.2) is 0 Å². The molecule has 1 spiro atoms. The number of hydrogen-bond acceptors (Lipinski definition) is 4. The number of allylic oxidation sites excluding steroid dienone is 1. The topological polar surface area (TPSA) is 55.8 Å². The van der Waals surface area contributed by atoms with Crippen LogP contribution in [0.2, 0.25) is 0 Å². The largest absolute Gasteiger partial charge is 0.393 e. The van der Waals surface area contributed by atoms with Crippen LogP contribution in [0.25, 0.3) is 0 Å². The molecular formula is C21H30O4. The Morgan fingerprint density at radius 2 is 1.92 bits per heavy atom. The zero-order valence-electron chi connectivity index (χ0n) is 15.4. The molecule has 138 valence electrons. The van der Waals surface area contributed by atoms with Gasteiger partial charge in [0.15, 0.2) is 5.79 Å². The zero-order chi connectivity index (χ0) is 17.4. The Morgan fingerprint density at radius 3 is 2.68 bits per heavy atom. The summed E-state index contributed by atoms with van der Waals surface area (Å²) in [6.45, 7) is 5.85. The molecule has 1 aliphatic heterocycles. The summed E-state index contributed by atoms with van der Waals surface area (Å²) in [5.41, 5.74) is 1.15. The van der Waals surface area contributed by atoms with Crippen molar-refractivity contribution in [2.24, 2.45) is 28.6 Å². The van der Waals surface area contributed by atoms with Crippen LogP contribution in [0.3, 0.4) is 0 Å². The van der Waals surface area contributed by atoms with Crippen molar-refractivity contribution in [1.82, 2.24) is 0 Å². The molecule has 4 heteroatoms. The van der Waals surface area contributed by atoms with Gasteiger partial charge in [0, 0.05) is 24.7 Å². The molecule has 4 nitrogen and oxygen atoms in total. The van der Waals surface area contributed by atoms with Crippen LogP contribution >= 0.6 is 0 Å². The van der Waals surface area contributed by atoms with Gasteiger partial charge in [0.1, 0.15) is 5.78 Å². The summed E-state index contributed by atoms with van der Waals surface area (Å²) in [6, 6.07) is 0. The summed E-state index contributed by atoms with van der Waals surface area (Å²) in [6.07, 6.45) is 8.17. The number of aliphatic hydroxyl groups is 1. The van der Waals surface area contributed by atoms with Crippen molar-refractivity contribution >= 4 is 5.78 Å². The Bertz CT molecular complexity index is 634. The molecule has 1 saturated heterocycles. The maximum absolute atomic E-state index is 12.5. The third-order valence-electron chi connectivity index (χ3n) is 8.57. The number of carbonyl (C=O) groups excluding carboxylic acids is 1. The number of aliphatic hydroxyl groups excluding tert-OH is 1. The van der Waals surface area contributed by atoms with Gasteiger partial charge >= 0.3 is 0 Å². The van der Waals surface area contributed by atoms with E-state index in [1.807, 2.05) is 0 Å². The molecule has 0 radical (unpaired) electrons. The molecular weight excluding hydrogens is 316 g/mol. The molecule has 0 amide bonds. The van der Waals surface area contributed by atoms with Gasteiger partial charge in [-0.3, -0.25) is 4.79 Å². The Morgan fingerprint density at radius 1 is 1.16 bits per heavy atom. The van der Waals surface area contributed by atoms with Crippen LogP contribution in [-0.2, 0) is 14.3 Å². The molecule has 0 aromatic rings. The van der Waals surface area contributed by atoms with Gasteiger partial charge in [-0.15, -0.1) is 0 Å². The number of hydrogen-bond donors (Lipinski definition) is 1. The van der Waals surface area contributed by atoms with E-state index in [2.05, 4.69) is 19.9 Å². The number of rotatable bonds is 0. The molecule has 4 aliphatic carbocycles. The summed E-state index contributed by atoms with van der Waals surface area (Å²) in [4.78, 5) is 12.5. The molecule has 0 bridgehead atoms. The highest BCUT2D eigenvalue weighted by atomic mass is 16.7. The van der Waals surface area contributed by atoms with Crippen LogP contribution in [0.15, 0.2) is 11.6 Å². The molecule has 4 fully saturated rings. The fraction of sp³-hybridized carbons (Fsp3) is 0.857. The van der Waals surface area contributed by atoms with Gasteiger partial charge < -0.3 is 14.6 Å². The van der Waals surface area contributed by atoms with Gasteiger partial charge in [0.05, 0.1) is 19.3 Å². The number of ketones is 1. The summed E-state index contributed by atoms with van der Waals surface area (Å²) in [5.74, 6) is 1.13. The number of ether oxygens (including phenoxy) is 2. The number of fused-ring (bicyclic) bond motifs is 5. The van der Waals surface area contributed by atoms with E-state index in [1.54, 1.807) is 0 Å². The second-order valence-electron chi connectivity index (χ2n) is 9.61. The Balaban J connectivity index is 1.51. The standard InChI is InChI=1S/C21H30O4/c1-19-7-8-21(24-9-10-25-21)11-13(19)3-4-14-15-5-6-17(23)20(15,2)12-16(22)18(14)19/h3,14-16,18,22H,4-12H2,1-2H3/t14-,15-,16-,18+,19-,20-/m0/s1. The maximum Gasteiger partial charge on any atom is 0.172 e. The first kappa shape index (κ1) is 16.5. The zero-order valence-corrected chi connectivity index (χ0v) is 15.4. The maximum atomic E-state index is 12.5. The minimum atomic E-state index is -0.407. The van der Waals surface area contributed by atoms with Crippen molar-refractivity contribution in [3.63, 3.8) is 0 Å². The smallest absolute Gasteiger partial charge is 0.172 e. The van der Waals surface area contributed by atoms with Crippen molar-refractivity contribution in [1.29, 1.82) is 0 Å². The summed E-state index contributed by atoms with van der Waals surface area (Å²) in [7, 11) is 0. The Kier molecular flexibility index (Phi) is 3.41. The highest BCUT2D eigenvalue weighted by molar-refractivity contribution is 5.87. The molecule has 6 atom stereocenters. The SMILES string of the molecule is C[C@]12CCC3(CC1=CC[C@@H]1[C@@H]2[C@@H](O)C[C@]2(C)C(=O)CC[C@@H]12)OCCO3. The molecule has 3 saturated carbocycles. The van der Waals surface area contributed by atoms with E-state index in [9.17, 15) is 9.90 Å². The van der Waals surface area contributed by atoms with Gasteiger partial charge in [-0.05, 0) is 48.9 Å². The van der Waals surface area contributed by atoms with Crippen molar-refractivity contribution in [2.75, 3.05) is 13.2 Å². The Labute approximate surface area is 150 Å². The normalized spacial score (nSPS) is 51.0. The number of carbonyl (C=O) groups is 1. The molecule has 1 N–H and O–H groups in total. The van der Waals surface area contributed by atoms with Crippen molar-refractivity contribution in [2.45, 2.75) is 70.7 Å². The lowest BCUT2D eigenvalue weighted by Gasteiger charge is -2.59. The quantitative estimate of drug-likeness (QED) is 0.684. The van der Waals surface area contributed by atoms with Crippen LogP contribution < -0.4 is 0 Å². The third kappa shape index (κ3) is 2.08. The van der Waals surface area contributed by atoms with Crippen LogP contribution in [0.5, 0.6) is 0 Å². The average molecular weight is 346 g/mol. The average Bonchev–Trinajstić information content (AvgIpc) is 3.13. The first-order chi connectivity index (χ1) is 11.9. The molecule has 0 unspecified atom stereocenters. The van der Waals surface area contributed by atoms with E-state index < -0.39 is 5.79 Å². The highest BCUT2D eigenvalue weighted by Gasteiger charge is 2.63. The van der Waals surface area contributed by atoms with E-state index in [-0.39, 0.29) is 22.9 Å². The first-order valence-corrected chi connectivity index (χ1v) is 10.1. The van der Waals surface area contributed by atoms with Crippen LogP contribution in [0.4, 0.5) is 0 Å². The molecule has 0 aromatic heterocycles. The predicted octanol–water partition coefficient (Wildman–Crippen LogP) is 3.23. The second kappa shape index (κ2) is 5.17. The van der Waals surface area contributed by atoms with Gasteiger partial charge in [0.2, 0.25) is 0 Å². The molecule has 25 heavy (non-hydrogen) atoms. The minimum Gasteiger partial charge on any atom is -0.393 e. The predicted molar refractivity (Wildman–Crippen MR) is 92.7 cm³/mol. The van der Waals surface area contributed by atoms with E-state index in [0.717, 1.165) is 32.1 Å².